The third-order valence-electron chi connectivity index (χ3n) is 2.82. The highest BCUT2D eigenvalue weighted by molar-refractivity contribution is 9.10. The summed E-state index contributed by atoms with van der Waals surface area (Å²) in [6, 6.07) is 17.0. The zero-order valence-corrected chi connectivity index (χ0v) is 14.2. The molecule has 1 heterocycles. The predicted octanol–water partition coefficient (Wildman–Crippen LogP) is 5.78. The second-order valence-corrected chi connectivity index (χ2v) is 6.73. The number of halogens is 2. The molecule has 108 valence electrons. The van der Waals surface area contributed by atoms with Gasteiger partial charge in [0, 0.05) is 20.0 Å². The lowest BCUT2D eigenvalue weighted by Gasteiger charge is -1.98. The smallest absolute Gasteiger partial charge is 0.228 e. The van der Waals surface area contributed by atoms with E-state index in [9.17, 15) is 5.26 Å². The number of hydrogen-bond acceptors (Lipinski definition) is 4. The second-order valence-electron chi connectivity index (χ2n) is 4.33. The molecule has 0 aliphatic rings. The average Bonchev–Trinajstić information content (AvgIpc) is 2.93. The number of hydrogen-bond donors (Lipinski definition) is 0. The summed E-state index contributed by atoms with van der Waals surface area (Å²) in [5.74, 6) is 0.410. The van der Waals surface area contributed by atoms with Crippen LogP contribution in [0, 0.1) is 11.3 Å². The largest absolute Gasteiger partial charge is 0.428 e. The Morgan fingerprint density at radius 2 is 1.77 bits per heavy atom. The van der Waals surface area contributed by atoms with Gasteiger partial charge in [-0.15, -0.1) is 0 Å². The van der Waals surface area contributed by atoms with E-state index >= 15 is 0 Å². The fraction of sp³-hybridized carbons (Fsp3) is 0. The van der Waals surface area contributed by atoms with Crippen LogP contribution in [-0.4, -0.2) is 4.98 Å². The van der Waals surface area contributed by atoms with Crippen LogP contribution in [0.15, 0.2) is 67.4 Å². The van der Waals surface area contributed by atoms with E-state index in [-0.39, 0.29) is 5.69 Å². The lowest BCUT2D eigenvalue weighted by Crippen LogP contribution is -1.78. The normalized spacial score (nSPS) is 10.4. The van der Waals surface area contributed by atoms with Crippen LogP contribution < -0.4 is 0 Å². The molecule has 0 unspecified atom stereocenters. The maximum absolute atomic E-state index is 9.23. The molecule has 3 nitrogen and oxygen atoms in total. The van der Waals surface area contributed by atoms with Gasteiger partial charge in [-0.25, -0.2) is 0 Å². The van der Waals surface area contributed by atoms with Gasteiger partial charge in [0.15, 0.2) is 5.69 Å². The molecule has 22 heavy (non-hydrogen) atoms. The summed E-state index contributed by atoms with van der Waals surface area (Å²) in [6.07, 6.45) is 0. The summed E-state index contributed by atoms with van der Waals surface area (Å²) in [6.45, 7) is 0. The molecule has 6 heteroatoms. The van der Waals surface area contributed by atoms with Gasteiger partial charge in [-0.05, 0) is 60.3 Å². The molecular weight excluding hydrogens is 384 g/mol. The standard InChI is InChI=1S/C16H8BrClN2OS/c17-11-3-7-13(8-4-11)22-16-14(9-19)20-15(21-16)10-1-5-12(18)6-2-10/h1-8H. The van der Waals surface area contributed by atoms with Crippen molar-refractivity contribution < 1.29 is 4.42 Å². The minimum atomic E-state index is 0.276. The van der Waals surface area contributed by atoms with Gasteiger partial charge in [0.2, 0.25) is 11.0 Å². The molecule has 0 spiro atoms. The van der Waals surface area contributed by atoms with E-state index in [0.717, 1.165) is 14.9 Å². The summed E-state index contributed by atoms with van der Waals surface area (Å²) in [4.78, 5) is 5.21. The fourth-order valence-corrected chi connectivity index (χ4v) is 2.96. The van der Waals surface area contributed by atoms with Gasteiger partial charge < -0.3 is 4.42 Å². The molecule has 0 atom stereocenters. The van der Waals surface area contributed by atoms with Crippen LogP contribution in [-0.2, 0) is 0 Å². The molecule has 0 aliphatic heterocycles. The van der Waals surface area contributed by atoms with Crippen molar-refractivity contribution in [2.24, 2.45) is 0 Å². The van der Waals surface area contributed by atoms with Crippen LogP contribution in [0.25, 0.3) is 11.5 Å². The molecular formula is C16H8BrClN2OS. The van der Waals surface area contributed by atoms with Gasteiger partial charge in [-0.2, -0.15) is 10.2 Å². The molecule has 0 aliphatic carbocycles. The van der Waals surface area contributed by atoms with E-state index in [1.807, 2.05) is 36.4 Å². The van der Waals surface area contributed by atoms with Gasteiger partial charge in [0.25, 0.3) is 0 Å². The Balaban J connectivity index is 1.93. The fourth-order valence-electron chi connectivity index (χ4n) is 1.77. The first kappa shape index (κ1) is 15.2. The van der Waals surface area contributed by atoms with Crippen LogP contribution in [0.2, 0.25) is 5.02 Å². The van der Waals surface area contributed by atoms with Crippen LogP contribution in [0.3, 0.4) is 0 Å². The van der Waals surface area contributed by atoms with E-state index in [1.54, 1.807) is 12.1 Å². The van der Waals surface area contributed by atoms with Crippen molar-refractivity contribution in [3.63, 3.8) is 0 Å². The van der Waals surface area contributed by atoms with Crippen molar-refractivity contribution in [1.29, 1.82) is 5.26 Å². The van der Waals surface area contributed by atoms with Gasteiger partial charge in [-0.3, -0.25) is 0 Å². The average molecular weight is 392 g/mol. The molecule has 0 fully saturated rings. The maximum atomic E-state index is 9.23. The van der Waals surface area contributed by atoms with Crippen molar-refractivity contribution in [2.75, 3.05) is 0 Å². The topological polar surface area (TPSA) is 49.8 Å². The highest BCUT2D eigenvalue weighted by Gasteiger charge is 2.15. The molecule has 1 aromatic heterocycles. The third-order valence-corrected chi connectivity index (χ3v) is 4.57. The zero-order valence-electron chi connectivity index (χ0n) is 11.1. The number of rotatable bonds is 3. The Hall–Kier alpha value is -1.74. The van der Waals surface area contributed by atoms with Crippen molar-refractivity contribution in [3.05, 3.63) is 63.7 Å². The van der Waals surface area contributed by atoms with E-state index in [1.165, 1.54) is 11.8 Å². The quantitative estimate of drug-likeness (QED) is 0.568. The summed E-state index contributed by atoms with van der Waals surface area (Å²) < 4.78 is 6.74. The van der Waals surface area contributed by atoms with Crippen LogP contribution in [0.5, 0.6) is 0 Å². The van der Waals surface area contributed by atoms with Gasteiger partial charge in [0.05, 0.1) is 0 Å². The van der Waals surface area contributed by atoms with E-state index in [4.69, 9.17) is 16.0 Å². The first-order valence-corrected chi connectivity index (χ1v) is 8.25. The van der Waals surface area contributed by atoms with Crippen molar-refractivity contribution in [1.82, 2.24) is 4.98 Å². The van der Waals surface area contributed by atoms with E-state index in [2.05, 4.69) is 27.0 Å². The van der Waals surface area contributed by atoms with Crippen molar-refractivity contribution in [3.8, 4) is 17.5 Å². The molecule has 2 aromatic carbocycles. The van der Waals surface area contributed by atoms with Crippen molar-refractivity contribution >= 4 is 39.3 Å². The number of aromatic nitrogens is 1. The molecule has 0 amide bonds. The van der Waals surface area contributed by atoms with E-state index < -0.39 is 0 Å². The van der Waals surface area contributed by atoms with Crippen LogP contribution in [0.4, 0.5) is 0 Å². The Labute approximate surface area is 145 Å². The first-order valence-electron chi connectivity index (χ1n) is 6.26. The Morgan fingerprint density at radius 1 is 1.09 bits per heavy atom. The van der Waals surface area contributed by atoms with Gasteiger partial charge in [-0.1, -0.05) is 27.5 Å². The lowest BCUT2D eigenvalue weighted by molar-refractivity contribution is 0.483. The second kappa shape index (κ2) is 6.57. The minimum absolute atomic E-state index is 0.276. The molecule has 0 N–H and O–H groups in total. The first-order chi connectivity index (χ1) is 10.7. The number of oxazole rings is 1. The Morgan fingerprint density at radius 3 is 2.41 bits per heavy atom. The molecule has 0 bridgehead atoms. The number of benzene rings is 2. The molecule has 0 radical (unpaired) electrons. The minimum Gasteiger partial charge on any atom is -0.428 e. The monoisotopic (exact) mass is 390 g/mol. The SMILES string of the molecule is N#Cc1nc(-c2ccc(Cl)cc2)oc1Sc1ccc(Br)cc1. The predicted molar refractivity (Wildman–Crippen MR) is 89.9 cm³/mol. The molecule has 0 saturated heterocycles. The highest BCUT2D eigenvalue weighted by Crippen LogP contribution is 2.34. The van der Waals surface area contributed by atoms with Crippen molar-refractivity contribution in [2.45, 2.75) is 9.99 Å². The van der Waals surface area contributed by atoms with Gasteiger partial charge in [0.1, 0.15) is 6.07 Å². The summed E-state index contributed by atoms with van der Waals surface area (Å²) in [5.41, 5.74) is 1.06. The van der Waals surface area contributed by atoms with E-state index in [0.29, 0.717) is 16.0 Å². The van der Waals surface area contributed by atoms with Gasteiger partial charge >= 0.3 is 0 Å². The Kier molecular flexibility index (Phi) is 4.53. The number of nitrogens with zero attached hydrogens (tertiary/aromatic N) is 2. The highest BCUT2D eigenvalue weighted by atomic mass is 79.9. The summed E-state index contributed by atoms with van der Waals surface area (Å²) >= 11 is 10.6. The molecule has 0 saturated carbocycles. The lowest BCUT2D eigenvalue weighted by atomic mass is 10.2. The Bertz CT molecular complexity index is 838. The molecule has 3 aromatic rings. The summed E-state index contributed by atoms with van der Waals surface area (Å²) in [7, 11) is 0. The third kappa shape index (κ3) is 3.36. The van der Waals surface area contributed by atoms with Crippen LogP contribution in [0.1, 0.15) is 5.69 Å². The maximum Gasteiger partial charge on any atom is 0.228 e. The number of nitriles is 1. The molecule has 3 rings (SSSR count). The zero-order chi connectivity index (χ0) is 15.5. The van der Waals surface area contributed by atoms with Crippen LogP contribution >= 0.6 is 39.3 Å². The summed E-state index contributed by atoms with van der Waals surface area (Å²) in [5, 5.41) is 10.4.